The Kier molecular flexibility index (Phi) is 7.66. The maximum absolute atomic E-state index is 13.0. The van der Waals surface area contributed by atoms with Crippen LogP contribution in [0.4, 0.5) is 4.39 Å². The first-order valence-corrected chi connectivity index (χ1v) is 8.23. The molecule has 2 aromatic rings. The topological polar surface area (TPSA) is 137 Å². The lowest BCUT2D eigenvalue weighted by molar-refractivity contribution is 0.232. The summed E-state index contributed by atoms with van der Waals surface area (Å²) in [7, 11) is -4.02. The van der Waals surface area contributed by atoms with E-state index >= 15 is 0 Å². The molecule has 134 valence electrons. The van der Waals surface area contributed by atoms with E-state index in [1.54, 1.807) is 29.7 Å². The number of benzene rings is 2. The van der Waals surface area contributed by atoms with Crippen molar-refractivity contribution < 1.29 is 22.6 Å². The van der Waals surface area contributed by atoms with Crippen molar-refractivity contribution in [3.63, 3.8) is 0 Å². The molecule has 0 saturated carbocycles. The van der Waals surface area contributed by atoms with Gasteiger partial charge in [-0.15, -0.1) is 5.10 Å². The van der Waals surface area contributed by atoms with E-state index in [0.717, 1.165) is 5.56 Å². The molecule has 2 aromatic carbocycles. The molecule has 0 amide bonds. The molecule has 2 rings (SSSR count). The molecule has 0 bridgehead atoms. The van der Waals surface area contributed by atoms with E-state index in [2.05, 4.69) is 10.2 Å². The van der Waals surface area contributed by atoms with Crippen molar-refractivity contribution in [2.75, 3.05) is 0 Å². The molecule has 0 heterocycles. The summed E-state index contributed by atoms with van der Waals surface area (Å²) in [5, 5.41) is 15.0. The summed E-state index contributed by atoms with van der Waals surface area (Å²) in [5.41, 5.74) is 7.89. The van der Waals surface area contributed by atoms with Crippen LogP contribution in [0.15, 0.2) is 63.6 Å². The molecule has 0 aliphatic carbocycles. The highest BCUT2D eigenvalue weighted by molar-refractivity contribution is 7.85. The average Bonchev–Trinajstić information content (AvgIpc) is 2.56. The van der Waals surface area contributed by atoms with Gasteiger partial charge in [0.05, 0.1) is 11.1 Å². The molecule has 0 fully saturated rings. The summed E-state index contributed by atoms with van der Waals surface area (Å²) in [5.74, 6) is -0.667. The van der Waals surface area contributed by atoms with Crippen molar-refractivity contribution in [1.82, 2.24) is 5.48 Å². The zero-order valence-corrected chi connectivity index (χ0v) is 14.0. The lowest BCUT2D eigenvalue weighted by atomic mass is 10.2. The maximum atomic E-state index is 13.0. The molecule has 0 aromatic heterocycles. The van der Waals surface area contributed by atoms with Crippen LogP contribution in [0.3, 0.4) is 0 Å². The van der Waals surface area contributed by atoms with Crippen LogP contribution in [-0.4, -0.2) is 30.4 Å². The fourth-order valence-electron chi connectivity index (χ4n) is 1.47. The van der Waals surface area contributed by atoms with Gasteiger partial charge in [-0.3, -0.25) is 9.76 Å². The standard InChI is InChI=1S/C8H9FN4O.C7H8O3S/c9-7-4-2-1-3-6(7)5-11-12-8(10)13-14;1-6-2-4-7(5-3-6)11(8,9)10/h1-5,14H,(H3,10,12,13);2-5H,1H3,(H,8,9,10). The third-order valence-electron chi connectivity index (χ3n) is 2.70. The van der Waals surface area contributed by atoms with Gasteiger partial charge >= 0.3 is 0 Å². The van der Waals surface area contributed by atoms with Crippen molar-refractivity contribution >= 4 is 22.3 Å². The number of nitrogens with one attached hydrogen (secondary N) is 1. The van der Waals surface area contributed by atoms with E-state index in [1.807, 2.05) is 6.92 Å². The van der Waals surface area contributed by atoms with Gasteiger partial charge in [0.25, 0.3) is 10.1 Å². The lowest BCUT2D eigenvalue weighted by Crippen LogP contribution is -2.27. The molecule has 0 spiro atoms. The van der Waals surface area contributed by atoms with Crippen LogP contribution >= 0.6 is 0 Å². The molecular weight excluding hydrogens is 351 g/mol. The number of nitrogens with zero attached hydrogens (tertiary/aromatic N) is 2. The van der Waals surface area contributed by atoms with Gasteiger partial charge < -0.3 is 5.73 Å². The summed E-state index contributed by atoms with van der Waals surface area (Å²) in [6.07, 6.45) is 1.19. The highest BCUT2D eigenvalue weighted by Crippen LogP contribution is 2.08. The predicted octanol–water partition coefficient (Wildman–Crippen LogP) is 1.69. The van der Waals surface area contributed by atoms with Crippen LogP contribution in [0, 0.1) is 12.7 Å². The van der Waals surface area contributed by atoms with Crippen LogP contribution in [0.1, 0.15) is 11.1 Å². The van der Waals surface area contributed by atoms with Crippen LogP contribution in [0.2, 0.25) is 0 Å². The molecule has 8 nitrogen and oxygen atoms in total. The largest absolute Gasteiger partial charge is 0.367 e. The maximum Gasteiger partial charge on any atom is 0.294 e. The molecule has 0 unspecified atom stereocenters. The normalized spacial score (nSPS) is 11.8. The smallest absolute Gasteiger partial charge is 0.294 e. The van der Waals surface area contributed by atoms with Gasteiger partial charge in [0.2, 0.25) is 5.96 Å². The SMILES string of the molecule is Cc1ccc(S(=O)(=O)O)cc1.NC(=NN=Cc1ccccc1F)NO. The Labute approximate surface area is 144 Å². The van der Waals surface area contributed by atoms with E-state index in [4.69, 9.17) is 15.5 Å². The Morgan fingerprint density at radius 1 is 1.20 bits per heavy atom. The van der Waals surface area contributed by atoms with E-state index < -0.39 is 15.9 Å². The first-order chi connectivity index (χ1) is 11.7. The van der Waals surface area contributed by atoms with Crippen molar-refractivity contribution in [3.8, 4) is 0 Å². The van der Waals surface area contributed by atoms with E-state index in [-0.39, 0.29) is 10.9 Å². The Balaban J connectivity index is 0.000000257. The van der Waals surface area contributed by atoms with Gasteiger partial charge in [-0.1, -0.05) is 35.9 Å². The van der Waals surface area contributed by atoms with Gasteiger partial charge in [-0.25, -0.2) is 9.87 Å². The monoisotopic (exact) mass is 368 g/mol. The molecule has 0 saturated heterocycles. The van der Waals surface area contributed by atoms with Crippen LogP contribution in [0.25, 0.3) is 0 Å². The molecule has 0 aliphatic rings. The van der Waals surface area contributed by atoms with Gasteiger partial charge in [0, 0.05) is 5.56 Å². The van der Waals surface area contributed by atoms with E-state index in [0.29, 0.717) is 5.56 Å². The minimum absolute atomic E-state index is 0.0666. The summed E-state index contributed by atoms with van der Waals surface area (Å²) < 4.78 is 42.5. The average molecular weight is 368 g/mol. The second-order valence-corrected chi connectivity index (χ2v) is 6.07. The van der Waals surface area contributed by atoms with Crippen molar-refractivity contribution in [3.05, 3.63) is 65.5 Å². The molecule has 10 heteroatoms. The molecule has 0 aliphatic heterocycles. The predicted molar refractivity (Wildman–Crippen MR) is 91.5 cm³/mol. The van der Waals surface area contributed by atoms with Gasteiger partial charge in [-0.2, -0.15) is 13.5 Å². The first-order valence-electron chi connectivity index (χ1n) is 6.79. The van der Waals surface area contributed by atoms with Gasteiger partial charge in [0.15, 0.2) is 0 Å². The Morgan fingerprint density at radius 2 is 1.80 bits per heavy atom. The highest BCUT2D eigenvalue weighted by Gasteiger charge is 2.06. The summed E-state index contributed by atoms with van der Waals surface area (Å²) in [6, 6.07) is 12.1. The molecule has 0 atom stereocenters. The number of nitrogens with two attached hydrogens (primary N) is 1. The second-order valence-electron chi connectivity index (χ2n) is 4.65. The minimum Gasteiger partial charge on any atom is -0.367 e. The molecule has 25 heavy (non-hydrogen) atoms. The Hall–Kier alpha value is -2.82. The number of hydrogen-bond acceptors (Lipinski definition) is 5. The molecular formula is C15H17FN4O4S. The number of rotatable bonds is 3. The number of hydrogen-bond donors (Lipinski definition) is 4. The zero-order chi connectivity index (χ0) is 18.9. The van der Waals surface area contributed by atoms with Gasteiger partial charge in [0.1, 0.15) is 5.82 Å². The van der Waals surface area contributed by atoms with Crippen molar-refractivity contribution in [2.24, 2.45) is 15.9 Å². The molecule has 0 radical (unpaired) electrons. The number of guanidine groups is 1. The van der Waals surface area contributed by atoms with Crippen LogP contribution in [0.5, 0.6) is 0 Å². The Bertz CT molecular complexity index is 852. The van der Waals surface area contributed by atoms with Crippen molar-refractivity contribution in [2.45, 2.75) is 11.8 Å². The number of aryl methyl sites for hydroxylation is 1. The van der Waals surface area contributed by atoms with Gasteiger partial charge in [-0.05, 0) is 25.1 Å². The second kappa shape index (κ2) is 9.47. The van der Waals surface area contributed by atoms with Crippen LogP contribution in [-0.2, 0) is 10.1 Å². The summed E-state index contributed by atoms with van der Waals surface area (Å²) in [6.45, 7) is 1.84. The fraction of sp³-hybridized carbons (Fsp3) is 0.0667. The third-order valence-corrected chi connectivity index (χ3v) is 3.57. The minimum atomic E-state index is -4.02. The van der Waals surface area contributed by atoms with E-state index in [1.165, 1.54) is 30.5 Å². The zero-order valence-electron chi connectivity index (χ0n) is 13.2. The fourth-order valence-corrected chi connectivity index (χ4v) is 1.95. The third kappa shape index (κ3) is 7.52. The summed E-state index contributed by atoms with van der Waals surface area (Å²) in [4.78, 5) is -0.0666. The highest BCUT2D eigenvalue weighted by atomic mass is 32.2. The lowest BCUT2D eigenvalue weighted by Gasteiger charge is -1.95. The van der Waals surface area contributed by atoms with Crippen LogP contribution < -0.4 is 11.2 Å². The van der Waals surface area contributed by atoms with Crippen molar-refractivity contribution in [1.29, 1.82) is 0 Å². The Morgan fingerprint density at radius 3 is 2.32 bits per heavy atom. The number of halogens is 1. The van der Waals surface area contributed by atoms with E-state index in [9.17, 15) is 12.8 Å². The quantitative estimate of drug-likeness (QED) is 0.282. The first kappa shape index (κ1) is 20.2. The number of hydroxylamine groups is 1. The summed E-state index contributed by atoms with van der Waals surface area (Å²) >= 11 is 0. The molecule has 5 N–H and O–H groups in total.